The molecule has 1 N–H and O–H groups in total. The van der Waals surface area contributed by atoms with E-state index in [-0.39, 0.29) is 11.5 Å². The molecule has 0 aliphatic heterocycles. The zero-order chi connectivity index (χ0) is 16.4. The van der Waals surface area contributed by atoms with Crippen LogP contribution in [0, 0.1) is 5.82 Å². The van der Waals surface area contributed by atoms with Crippen LogP contribution in [0.5, 0.6) is 0 Å². The Hall–Kier alpha value is -2.79. The Morgan fingerprint density at radius 3 is 2.39 bits per heavy atom. The summed E-state index contributed by atoms with van der Waals surface area (Å²) in [7, 11) is 0. The molecule has 0 saturated carbocycles. The highest BCUT2D eigenvalue weighted by molar-refractivity contribution is 6.30. The van der Waals surface area contributed by atoms with Gasteiger partial charge in [-0.05, 0) is 30.3 Å². The molecule has 0 bridgehead atoms. The largest absolute Gasteiger partial charge is 0.477 e. The smallest absolute Gasteiger partial charge is 0.354 e. The Balaban J connectivity index is 2.17. The molecule has 0 saturated heterocycles. The van der Waals surface area contributed by atoms with Gasteiger partial charge in [-0.3, -0.25) is 0 Å². The molecular formula is C17H10ClFN2O2. The van der Waals surface area contributed by atoms with Crippen molar-refractivity contribution in [3.63, 3.8) is 0 Å². The maximum atomic E-state index is 13.4. The lowest BCUT2D eigenvalue weighted by atomic mass is 10.1. The highest BCUT2D eigenvalue weighted by atomic mass is 35.5. The molecule has 114 valence electrons. The van der Waals surface area contributed by atoms with Crippen molar-refractivity contribution >= 4 is 17.6 Å². The van der Waals surface area contributed by atoms with Crippen LogP contribution in [-0.2, 0) is 0 Å². The Morgan fingerprint density at radius 1 is 1.00 bits per heavy atom. The van der Waals surface area contributed by atoms with Crippen LogP contribution >= 0.6 is 11.6 Å². The van der Waals surface area contributed by atoms with Crippen LogP contribution in [0.1, 0.15) is 10.5 Å². The number of nitrogens with zero attached hydrogens (tertiary/aromatic N) is 2. The molecule has 0 fully saturated rings. The van der Waals surface area contributed by atoms with Crippen LogP contribution in [0.4, 0.5) is 4.39 Å². The van der Waals surface area contributed by atoms with Crippen molar-refractivity contribution in [2.24, 2.45) is 0 Å². The molecule has 0 amide bonds. The first-order valence-corrected chi connectivity index (χ1v) is 7.05. The topological polar surface area (TPSA) is 63.1 Å². The summed E-state index contributed by atoms with van der Waals surface area (Å²) in [5.74, 6) is -1.48. The minimum atomic E-state index is -1.18. The predicted octanol–water partition coefficient (Wildman–Crippen LogP) is 4.30. The summed E-state index contributed by atoms with van der Waals surface area (Å²) < 4.78 is 13.4. The summed E-state index contributed by atoms with van der Waals surface area (Å²) in [5.41, 5.74) is 1.36. The number of aromatic nitrogens is 2. The van der Waals surface area contributed by atoms with E-state index in [1.807, 2.05) is 0 Å². The number of carboxylic acids is 1. The van der Waals surface area contributed by atoms with Crippen molar-refractivity contribution in [3.05, 3.63) is 71.1 Å². The van der Waals surface area contributed by atoms with E-state index in [1.165, 1.54) is 24.3 Å². The Morgan fingerprint density at radius 2 is 1.74 bits per heavy atom. The zero-order valence-corrected chi connectivity index (χ0v) is 12.5. The molecule has 3 rings (SSSR count). The number of benzene rings is 2. The lowest BCUT2D eigenvalue weighted by Gasteiger charge is -2.07. The molecule has 0 unspecified atom stereocenters. The predicted molar refractivity (Wildman–Crippen MR) is 84.8 cm³/mol. The van der Waals surface area contributed by atoms with Crippen LogP contribution in [0.3, 0.4) is 0 Å². The Bertz CT molecular complexity index is 882. The number of halogens is 2. The van der Waals surface area contributed by atoms with E-state index in [1.54, 1.807) is 30.3 Å². The third-order valence-electron chi connectivity index (χ3n) is 3.17. The van der Waals surface area contributed by atoms with E-state index < -0.39 is 11.8 Å². The first-order chi connectivity index (χ1) is 11.0. The molecular weight excluding hydrogens is 319 g/mol. The molecule has 0 atom stereocenters. The monoisotopic (exact) mass is 328 g/mol. The second-order valence-electron chi connectivity index (χ2n) is 4.78. The normalized spacial score (nSPS) is 10.5. The molecule has 1 heterocycles. The van der Waals surface area contributed by atoms with Crippen LogP contribution in [-0.4, -0.2) is 21.0 Å². The average molecular weight is 329 g/mol. The lowest BCUT2D eigenvalue weighted by molar-refractivity contribution is 0.0690. The first kappa shape index (κ1) is 15.1. The van der Waals surface area contributed by atoms with Crippen molar-refractivity contribution in [1.82, 2.24) is 9.97 Å². The molecule has 6 heteroatoms. The lowest BCUT2D eigenvalue weighted by Crippen LogP contribution is -2.04. The molecule has 2 aromatic carbocycles. The molecule has 0 aliphatic carbocycles. The Labute approximate surface area is 136 Å². The van der Waals surface area contributed by atoms with Gasteiger partial charge in [0.1, 0.15) is 5.82 Å². The number of hydrogen-bond donors (Lipinski definition) is 1. The fourth-order valence-electron chi connectivity index (χ4n) is 2.08. The van der Waals surface area contributed by atoms with Crippen molar-refractivity contribution < 1.29 is 14.3 Å². The van der Waals surface area contributed by atoms with Gasteiger partial charge in [0, 0.05) is 16.1 Å². The van der Waals surface area contributed by atoms with Crippen molar-refractivity contribution in [3.8, 4) is 22.6 Å². The van der Waals surface area contributed by atoms with Gasteiger partial charge in [0.2, 0.25) is 0 Å². The maximum absolute atomic E-state index is 13.4. The third kappa shape index (κ3) is 3.35. The minimum absolute atomic E-state index is 0.148. The highest BCUT2D eigenvalue weighted by Gasteiger charge is 2.13. The van der Waals surface area contributed by atoms with E-state index >= 15 is 0 Å². The second-order valence-corrected chi connectivity index (χ2v) is 5.22. The number of aromatic carboxylic acids is 1. The van der Waals surface area contributed by atoms with E-state index in [2.05, 4.69) is 9.97 Å². The van der Waals surface area contributed by atoms with Gasteiger partial charge in [0.25, 0.3) is 0 Å². The summed E-state index contributed by atoms with van der Waals surface area (Å²) in [4.78, 5) is 19.6. The van der Waals surface area contributed by atoms with Gasteiger partial charge in [-0.2, -0.15) is 0 Å². The standard InChI is InChI=1S/C17H10ClFN2O2/c18-12-6-4-10(5-7-12)14-9-15(17(22)23)21-16(20-14)11-2-1-3-13(19)8-11/h1-9H,(H,22,23). The number of carbonyl (C=O) groups is 1. The summed E-state index contributed by atoms with van der Waals surface area (Å²) in [6.07, 6.45) is 0. The minimum Gasteiger partial charge on any atom is -0.477 e. The molecule has 0 radical (unpaired) electrons. The quantitative estimate of drug-likeness (QED) is 0.778. The fraction of sp³-hybridized carbons (Fsp3) is 0. The molecule has 0 spiro atoms. The van der Waals surface area contributed by atoms with Crippen LogP contribution in [0.2, 0.25) is 5.02 Å². The summed E-state index contributed by atoms with van der Waals surface area (Å²) in [6.45, 7) is 0. The van der Waals surface area contributed by atoms with Gasteiger partial charge >= 0.3 is 5.97 Å². The van der Waals surface area contributed by atoms with Crippen molar-refractivity contribution in [2.45, 2.75) is 0 Å². The SMILES string of the molecule is O=C(O)c1cc(-c2ccc(Cl)cc2)nc(-c2cccc(F)c2)n1. The number of rotatable bonds is 3. The van der Waals surface area contributed by atoms with Gasteiger partial charge in [0.05, 0.1) is 5.69 Å². The maximum Gasteiger partial charge on any atom is 0.354 e. The number of carboxylic acid groups (broad SMARTS) is 1. The van der Waals surface area contributed by atoms with Gasteiger partial charge in [0.15, 0.2) is 11.5 Å². The average Bonchev–Trinajstić information content (AvgIpc) is 2.55. The molecule has 4 nitrogen and oxygen atoms in total. The zero-order valence-electron chi connectivity index (χ0n) is 11.7. The van der Waals surface area contributed by atoms with E-state index in [0.717, 1.165) is 0 Å². The molecule has 1 aromatic heterocycles. The molecule has 23 heavy (non-hydrogen) atoms. The summed E-state index contributed by atoms with van der Waals surface area (Å²) in [6, 6.07) is 13.9. The second kappa shape index (κ2) is 6.14. The summed E-state index contributed by atoms with van der Waals surface area (Å²) >= 11 is 5.86. The Kier molecular flexibility index (Phi) is 4.04. The molecule has 0 aliphatic rings. The number of hydrogen-bond acceptors (Lipinski definition) is 3. The van der Waals surface area contributed by atoms with Crippen LogP contribution in [0.15, 0.2) is 54.6 Å². The third-order valence-corrected chi connectivity index (χ3v) is 3.42. The van der Waals surface area contributed by atoms with E-state index in [9.17, 15) is 14.3 Å². The van der Waals surface area contributed by atoms with Crippen LogP contribution < -0.4 is 0 Å². The highest BCUT2D eigenvalue weighted by Crippen LogP contribution is 2.24. The van der Waals surface area contributed by atoms with E-state index in [4.69, 9.17) is 11.6 Å². The summed E-state index contributed by atoms with van der Waals surface area (Å²) in [5, 5.41) is 9.80. The van der Waals surface area contributed by atoms with Gasteiger partial charge in [-0.15, -0.1) is 0 Å². The van der Waals surface area contributed by atoms with E-state index in [0.29, 0.717) is 21.8 Å². The van der Waals surface area contributed by atoms with Crippen LogP contribution in [0.25, 0.3) is 22.6 Å². The van der Waals surface area contributed by atoms with Gasteiger partial charge in [-0.1, -0.05) is 35.9 Å². The van der Waals surface area contributed by atoms with Crippen molar-refractivity contribution in [1.29, 1.82) is 0 Å². The van der Waals surface area contributed by atoms with Gasteiger partial charge < -0.3 is 5.11 Å². The molecule has 3 aromatic rings. The van der Waals surface area contributed by atoms with Crippen molar-refractivity contribution in [2.75, 3.05) is 0 Å². The fourth-order valence-corrected chi connectivity index (χ4v) is 2.21. The van der Waals surface area contributed by atoms with Gasteiger partial charge in [-0.25, -0.2) is 19.2 Å². The first-order valence-electron chi connectivity index (χ1n) is 6.67.